The molecule has 0 unspecified atom stereocenters. The van der Waals surface area contributed by atoms with Crippen LogP contribution < -0.4 is 5.43 Å². The first-order valence-electron chi connectivity index (χ1n) is 9.86. The molecule has 0 saturated carbocycles. The number of amides is 1. The highest BCUT2D eigenvalue weighted by Crippen LogP contribution is 2.25. The Hall–Kier alpha value is -2.20. The number of carbonyl (C=O) groups excluding carboxylic acids is 1. The zero-order valence-electron chi connectivity index (χ0n) is 16.2. The normalized spacial score (nSPS) is 11.2. The van der Waals surface area contributed by atoms with Crippen molar-refractivity contribution in [1.29, 1.82) is 0 Å². The zero-order valence-corrected chi connectivity index (χ0v) is 17.0. The predicted molar refractivity (Wildman–Crippen MR) is 116 cm³/mol. The molecule has 0 aliphatic rings. The van der Waals surface area contributed by atoms with Gasteiger partial charge in [-0.3, -0.25) is 9.59 Å². The van der Waals surface area contributed by atoms with Crippen molar-refractivity contribution in [3.05, 3.63) is 58.3 Å². The number of fused-ring (bicyclic) bond motifs is 2. The highest BCUT2D eigenvalue weighted by molar-refractivity contribution is 7.24. The van der Waals surface area contributed by atoms with E-state index in [1.54, 1.807) is 11.3 Å². The first-order valence-corrected chi connectivity index (χ1v) is 10.7. The minimum atomic E-state index is 0.0578. The highest BCUT2D eigenvalue weighted by atomic mass is 32.1. The van der Waals surface area contributed by atoms with Crippen LogP contribution in [0.5, 0.6) is 0 Å². The molecule has 1 amide bonds. The van der Waals surface area contributed by atoms with Gasteiger partial charge in [-0.1, -0.05) is 44.9 Å². The van der Waals surface area contributed by atoms with Crippen LogP contribution in [0.25, 0.3) is 20.2 Å². The van der Waals surface area contributed by atoms with Gasteiger partial charge in [0.1, 0.15) is 0 Å². The fourth-order valence-electron chi connectivity index (χ4n) is 3.31. The lowest BCUT2D eigenvalue weighted by Crippen LogP contribution is -2.34. The van der Waals surface area contributed by atoms with Crippen LogP contribution in [0.1, 0.15) is 45.1 Å². The molecule has 3 nitrogen and oxygen atoms in total. The number of hydrogen-bond acceptors (Lipinski definition) is 3. The summed E-state index contributed by atoms with van der Waals surface area (Å²) in [7, 11) is 0. The lowest BCUT2D eigenvalue weighted by atomic mass is 10.1. The third-order valence-corrected chi connectivity index (χ3v) is 6.06. The van der Waals surface area contributed by atoms with Crippen molar-refractivity contribution in [1.82, 2.24) is 4.90 Å². The van der Waals surface area contributed by atoms with E-state index in [2.05, 4.69) is 13.8 Å². The molecular formula is C23H27NO2S. The molecule has 4 heteroatoms. The predicted octanol–water partition coefficient (Wildman–Crippen LogP) is 5.39. The average molecular weight is 382 g/mol. The van der Waals surface area contributed by atoms with Crippen LogP contribution in [0.3, 0.4) is 0 Å². The van der Waals surface area contributed by atoms with Crippen LogP contribution in [0.4, 0.5) is 0 Å². The summed E-state index contributed by atoms with van der Waals surface area (Å²) in [5, 5.41) is 1.48. The highest BCUT2D eigenvalue weighted by Gasteiger charge is 2.14. The van der Waals surface area contributed by atoms with Crippen LogP contribution >= 0.6 is 11.3 Å². The first-order chi connectivity index (χ1) is 13.1. The largest absolute Gasteiger partial charge is 0.342 e. The van der Waals surface area contributed by atoms with Crippen LogP contribution in [0.2, 0.25) is 0 Å². The summed E-state index contributed by atoms with van der Waals surface area (Å²) in [6.07, 6.45) is 4.59. The van der Waals surface area contributed by atoms with E-state index < -0.39 is 0 Å². The van der Waals surface area contributed by atoms with Crippen LogP contribution in [0.15, 0.2) is 47.3 Å². The number of nitrogens with zero attached hydrogens (tertiary/aromatic N) is 1. The van der Waals surface area contributed by atoms with Gasteiger partial charge in [-0.2, -0.15) is 0 Å². The monoisotopic (exact) mass is 381 g/mol. The third kappa shape index (κ3) is 4.56. The number of carbonyl (C=O) groups is 1. The molecule has 2 aromatic carbocycles. The molecule has 1 heterocycles. The molecule has 3 rings (SSSR count). The number of hydrogen-bond donors (Lipinski definition) is 0. The van der Waals surface area contributed by atoms with Gasteiger partial charge in [-0.05, 0) is 42.7 Å². The van der Waals surface area contributed by atoms with Crippen molar-refractivity contribution in [2.45, 2.75) is 46.0 Å². The molecule has 0 aliphatic heterocycles. The van der Waals surface area contributed by atoms with Gasteiger partial charge in [0.25, 0.3) is 0 Å². The van der Waals surface area contributed by atoms with Crippen molar-refractivity contribution < 1.29 is 4.79 Å². The van der Waals surface area contributed by atoms with E-state index in [1.807, 2.05) is 47.4 Å². The molecule has 0 spiro atoms. The average Bonchev–Trinajstić information content (AvgIpc) is 2.69. The van der Waals surface area contributed by atoms with Gasteiger partial charge in [-0.15, -0.1) is 11.3 Å². The van der Waals surface area contributed by atoms with Crippen molar-refractivity contribution in [2.24, 2.45) is 0 Å². The van der Waals surface area contributed by atoms with Gasteiger partial charge >= 0.3 is 0 Å². The van der Waals surface area contributed by atoms with Gasteiger partial charge in [-0.25, -0.2) is 0 Å². The topological polar surface area (TPSA) is 37.4 Å². The van der Waals surface area contributed by atoms with Crippen LogP contribution in [0, 0.1) is 0 Å². The van der Waals surface area contributed by atoms with Crippen LogP contribution in [-0.4, -0.2) is 23.9 Å². The summed E-state index contributed by atoms with van der Waals surface area (Å²) in [6, 6.07) is 13.6. The summed E-state index contributed by atoms with van der Waals surface area (Å²) in [5.74, 6) is 0.160. The second-order valence-corrected chi connectivity index (χ2v) is 8.11. The molecule has 1 aromatic heterocycles. The number of unbranched alkanes of at least 4 members (excludes halogenated alkanes) is 2. The molecule has 0 saturated heterocycles. The van der Waals surface area contributed by atoms with E-state index in [9.17, 15) is 9.59 Å². The molecule has 142 valence electrons. The Morgan fingerprint density at radius 3 is 2.30 bits per heavy atom. The first kappa shape index (κ1) is 19.6. The number of rotatable bonds is 8. The maximum absolute atomic E-state index is 12.9. The Morgan fingerprint density at radius 1 is 0.926 bits per heavy atom. The summed E-state index contributed by atoms with van der Waals surface area (Å²) < 4.78 is 1.98. The van der Waals surface area contributed by atoms with Crippen molar-refractivity contribution in [3.63, 3.8) is 0 Å². The molecular weight excluding hydrogens is 354 g/mol. The Balaban J connectivity index is 1.87. The molecule has 0 atom stereocenters. The maximum Gasteiger partial charge on any atom is 0.226 e. The van der Waals surface area contributed by atoms with E-state index in [-0.39, 0.29) is 11.3 Å². The third-order valence-electron chi connectivity index (χ3n) is 4.91. The standard InChI is InChI=1S/C23H27NO2S/c1-3-5-13-24(14-6-4-2)22(25)16-17-11-12-21-19(15-17)23(26)18-9-7-8-10-20(18)27-21/h7-12,15H,3-6,13-14,16H2,1-2H3. The van der Waals surface area contributed by atoms with Gasteiger partial charge in [0.15, 0.2) is 5.43 Å². The van der Waals surface area contributed by atoms with E-state index in [4.69, 9.17) is 0 Å². The SMILES string of the molecule is CCCCN(CCCC)C(=O)Cc1ccc2sc3ccccc3c(=O)c2c1. The summed E-state index contributed by atoms with van der Waals surface area (Å²) in [4.78, 5) is 27.6. The second kappa shape index (κ2) is 9.14. The van der Waals surface area contributed by atoms with Gasteiger partial charge in [0.2, 0.25) is 5.91 Å². The van der Waals surface area contributed by atoms with E-state index >= 15 is 0 Å². The van der Waals surface area contributed by atoms with Crippen molar-refractivity contribution >= 4 is 37.4 Å². The van der Waals surface area contributed by atoms with Crippen molar-refractivity contribution in [3.8, 4) is 0 Å². The Labute approximate surface area is 164 Å². The fraction of sp³-hybridized carbons (Fsp3) is 0.391. The Kier molecular flexibility index (Phi) is 6.62. The quantitative estimate of drug-likeness (QED) is 0.491. The molecule has 0 radical (unpaired) electrons. The minimum Gasteiger partial charge on any atom is -0.342 e. The Bertz CT molecular complexity index is 984. The molecule has 3 aromatic rings. The summed E-state index contributed by atoms with van der Waals surface area (Å²) in [6.45, 7) is 5.94. The number of benzene rings is 2. The van der Waals surface area contributed by atoms with Gasteiger partial charge in [0.05, 0.1) is 6.42 Å². The van der Waals surface area contributed by atoms with Crippen LogP contribution in [-0.2, 0) is 11.2 Å². The molecule has 0 fully saturated rings. The maximum atomic E-state index is 12.9. The van der Waals surface area contributed by atoms with E-state index in [1.165, 1.54) is 0 Å². The molecule has 0 bridgehead atoms. The lowest BCUT2D eigenvalue weighted by molar-refractivity contribution is -0.130. The van der Waals surface area contributed by atoms with E-state index in [0.717, 1.165) is 64.5 Å². The second-order valence-electron chi connectivity index (χ2n) is 7.02. The van der Waals surface area contributed by atoms with Crippen molar-refractivity contribution in [2.75, 3.05) is 13.1 Å². The molecule has 0 aliphatic carbocycles. The lowest BCUT2D eigenvalue weighted by Gasteiger charge is -2.22. The summed E-state index contributed by atoms with van der Waals surface area (Å²) in [5.41, 5.74) is 0.979. The smallest absolute Gasteiger partial charge is 0.226 e. The Morgan fingerprint density at radius 2 is 1.59 bits per heavy atom. The molecule has 27 heavy (non-hydrogen) atoms. The van der Waals surface area contributed by atoms with Gasteiger partial charge < -0.3 is 4.90 Å². The molecule has 0 N–H and O–H groups in total. The zero-order chi connectivity index (χ0) is 19.2. The summed E-state index contributed by atoms with van der Waals surface area (Å²) >= 11 is 1.63. The van der Waals surface area contributed by atoms with Gasteiger partial charge in [0, 0.05) is 33.3 Å². The fourth-order valence-corrected chi connectivity index (χ4v) is 4.36. The van der Waals surface area contributed by atoms with E-state index in [0.29, 0.717) is 6.42 Å². The minimum absolute atomic E-state index is 0.0578.